The third-order valence-corrected chi connectivity index (χ3v) is 4.98. The number of ether oxygens (including phenoxy) is 1. The second-order valence-electron chi connectivity index (χ2n) is 6.65. The first-order valence-electron chi connectivity index (χ1n) is 9.15. The maximum atomic E-state index is 13.0. The summed E-state index contributed by atoms with van der Waals surface area (Å²) in [7, 11) is 1.63. The van der Waals surface area contributed by atoms with Gasteiger partial charge in [0.15, 0.2) is 0 Å². The number of rotatable bonds is 4. The monoisotopic (exact) mass is 375 g/mol. The molecule has 7 heteroatoms. The highest BCUT2D eigenvalue weighted by molar-refractivity contribution is 5.94. The van der Waals surface area contributed by atoms with E-state index in [1.165, 1.54) is 0 Å². The summed E-state index contributed by atoms with van der Waals surface area (Å²) < 4.78 is 5.24. The van der Waals surface area contributed by atoms with Crippen molar-refractivity contribution in [1.29, 1.82) is 0 Å². The number of carbonyl (C=O) groups is 1. The fourth-order valence-corrected chi connectivity index (χ4v) is 3.61. The Morgan fingerprint density at radius 2 is 2.04 bits per heavy atom. The molecule has 1 aliphatic rings. The molecular formula is C21H21N5O2. The number of methoxy groups -OCH3 is 1. The second kappa shape index (κ2) is 7.64. The maximum Gasteiger partial charge on any atom is 0.255 e. The summed E-state index contributed by atoms with van der Waals surface area (Å²) >= 11 is 0. The van der Waals surface area contributed by atoms with Crippen molar-refractivity contribution in [3.63, 3.8) is 0 Å². The Balaban J connectivity index is 1.73. The van der Waals surface area contributed by atoms with Crippen molar-refractivity contribution in [1.82, 2.24) is 19.9 Å². The fraction of sp³-hybridized carbons (Fsp3) is 0.238. The molecule has 4 rings (SSSR count). The van der Waals surface area contributed by atoms with Gasteiger partial charge in [0.1, 0.15) is 5.75 Å². The summed E-state index contributed by atoms with van der Waals surface area (Å²) in [5.74, 6) is 0.928. The molecule has 1 saturated heterocycles. The van der Waals surface area contributed by atoms with Crippen molar-refractivity contribution in [2.24, 2.45) is 0 Å². The van der Waals surface area contributed by atoms with E-state index in [4.69, 9.17) is 10.5 Å². The predicted molar refractivity (Wildman–Crippen MR) is 106 cm³/mol. The van der Waals surface area contributed by atoms with Crippen molar-refractivity contribution in [3.8, 4) is 16.9 Å². The number of hydrogen-bond acceptors (Lipinski definition) is 6. The van der Waals surface area contributed by atoms with E-state index in [2.05, 4.69) is 15.0 Å². The van der Waals surface area contributed by atoms with Crippen LogP contribution in [0.1, 0.15) is 34.9 Å². The number of carbonyl (C=O) groups excluding carboxylic acids is 1. The lowest BCUT2D eigenvalue weighted by Gasteiger charge is -2.26. The highest BCUT2D eigenvalue weighted by Gasteiger charge is 2.33. The Bertz CT molecular complexity index is 976. The average molecular weight is 375 g/mol. The molecule has 3 heterocycles. The first-order valence-corrected chi connectivity index (χ1v) is 9.15. The molecular weight excluding hydrogens is 354 g/mol. The first-order chi connectivity index (χ1) is 13.7. The Morgan fingerprint density at radius 1 is 1.21 bits per heavy atom. The summed E-state index contributed by atoms with van der Waals surface area (Å²) in [5.41, 5.74) is 9.06. The maximum absolute atomic E-state index is 13.0. The second-order valence-corrected chi connectivity index (χ2v) is 6.65. The first kappa shape index (κ1) is 17.9. The van der Waals surface area contributed by atoms with E-state index >= 15 is 0 Å². The van der Waals surface area contributed by atoms with Crippen molar-refractivity contribution >= 4 is 11.9 Å². The molecule has 0 unspecified atom stereocenters. The quantitative estimate of drug-likeness (QED) is 0.753. The van der Waals surface area contributed by atoms with Gasteiger partial charge in [-0.3, -0.25) is 9.78 Å². The topological polar surface area (TPSA) is 94.2 Å². The van der Waals surface area contributed by atoms with Crippen LogP contribution in [0.4, 0.5) is 5.95 Å². The van der Waals surface area contributed by atoms with Crippen LogP contribution in [0.2, 0.25) is 0 Å². The van der Waals surface area contributed by atoms with E-state index in [9.17, 15) is 4.79 Å². The number of nitrogen functional groups attached to an aromatic ring is 1. The number of benzene rings is 1. The van der Waals surface area contributed by atoms with Gasteiger partial charge in [-0.25, -0.2) is 9.97 Å². The summed E-state index contributed by atoms with van der Waals surface area (Å²) in [4.78, 5) is 27.7. The third-order valence-electron chi connectivity index (χ3n) is 4.98. The van der Waals surface area contributed by atoms with Gasteiger partial charge in [0.25, 0.3) is 5.91 Å². The number of hydrogen-bond donors (Lipinski definition) is 1. The minimum Gasteiger partial charge on any atom is -0.497 e. The average Bonchev–Trinajstić information content (AvgIpc) is 3.23. The molecule has 0 bridgehead atoms. The molecule has 1 aliphatic heterocycles. The van der Waals surface area contributed by atoms with Crippen molar-refractivity contribution in [2.75, 3.05) is 19.4 Å². The lowest BCUT2D eigenvalue weighted by Crippen LogP contribution is -2.31. The molecule has 2 N–H and O–H groups in total. The number of nitrogens with zero attached hydrogens (tertiary/aromatic N) is 4. The number of likely N-dealkylation sites (tertiary alicyclic amines) is 1. The molecule has 1 fully saturated rings. The molecule has 3 aromatic rings. The fourth-order valence-electron chi connectivity index (χ4n) is 3.61. The molecule has 0 saturated carbocycles. The molecule has 7 nitrogen and oxygen atoms in total. The van der Waals surface area contributed by atoms with Gasteiger partial charge in [-0.2, -0.15) is 0 Å². The van der Waals surface area contributed by atoms with Crippen LogP contribution in [-0.4, -0.2) is 39.4 Å². The van der Waals surface area contributed by atoms with Gasteiger partial charge in [-0.1, -0.05) is 12.1 Å². The Morgan fingerprint density at radius 3 is 2.75 bits per heavy atom. The van der Waals surface area contributed by atoms with Crippen LogP contribution in [0, 0.1) is 0 Å². The van der Waals surface area contributed by atoms with Crippen LogP contribution in [0.5, 0.6) is 5.75 Å². The van der Waals surface area contributed by atoms with Crippen molar-refractivity contribution in [3.05, 3.63) is 66.2 Å². The van der Waals surface area contributed by atoms with E-state index in [0.29, 0.717) is 12.1 Å². The normalized spacial score (nSPS) is 16.2. The number of pyridine rings is 1. The van der Waals surface area contributed by atoms with Crippen LogP contribution in [-0.2, 0) is 0 Å². The van der Waals surface area contributed by atoms with Crippen LogP contribution in [0.15, 0.2) is 55.0 Å². The van der Waals surface area contributed by atoms with Gasteiger partial charge < -0.3 is 15.4 Å². The zero-order valence-corrected chi connectivity index (χ0v) is 15.6. The molecule has 1 atom stereocenters. The Labute approximate surface area is 163 Å². The SMILES string of the molecule is COc1ccc(-c2cnc(N)nc2[C@H]2CCCN2C(=O)c2cccnc2)cc1. The van der Waals surface area contributed by atoms with Gasteiger partial charge in [0.2, 0.25) is 5.95 Å². The molecule has 1 aromatic carbocycles. The number of anilines is 1. The van der Waals surface area contributed by atoms with E-state index in [1.807, 2.05) is 29.2 Å². The summed E-state index contributed by atoms with van der Waals surface area (Å²) in [5, 5.41) is 0. The van der Waals surface area contributed by atoms with Crippen LogP contribution in [0.25, 0.3) is 11.1 Å². The van der Waals surface area contributed by atoms with Gasteiger partial charge in [-0.05, 0) is 42.7 Å². The lowest BCUT2D eigenvalue weighted by atomic mass is 9.99. The van der Waals surface area contributed by atoms with Crippen molar-refractivity contribution in [2.45, 2.75) is 18.9 Å². The smallest absolute Gasteiger partial charge is 0.255 e. The standard InChI is InChI=1S/C21H21N5O2/c1-28-16-8-6-14(7-9-16)17-13-24-21(22)25-19(17)18-5-3-11-26(18)20(27)15-4-2-10-23-12-15/h2,4,6-10,12-13,18H,3,5,11H2,1H3,(H2,22,24,25)/t18-/m1/s1. The zero-order chi connectivity index (χ0) is 19.5. The molecule has 0 radical (unpaired) electrons. The van der Waals surface area contributed by atoms with E-state index in [0.717, 1.165) is 35.4 Å². The largest absolute Gasteiger partial charge is 0.497 e. The van der Waals surface area contributed by atoms with Gasteiger partial charge in [0.05, 0.1) is 24.4 Å². The predicted octanol–water partition coefficient (Wildman–Crippen LogP) is 3.11. The minimum absolute atomic E-state index is 0.0477. The number of aromatic nitrogens is 3. The van der Waals surface area contributed by atoms with E-state index in [1.54, 1.807) is 37.8 Å². The van der Waals surface area contributed by atoms with Gasteiger partial charge in [0, 0.05) is 30.7 Å². The summed E-state index contributed by atoms with van der Waals surface area (Å²) in [6.45, 7) is 0.671. The highest BCUT2D eigenvalue weighted by atomic mass is 16.5. The Kier molecular flexibility index (Phi) is 4.89. The zero-order valence-electron chi connectivity index (χ0n) is 15.6. The molecule has 28 heavy (non-hydrogen) atoms. The molecule has 0 spiro atoms. The lowest BCUT2D eigenvalue weighted by molar-refractivity contribution is 0.0733. The summed E-state index contributed by atoms with van der Waals surface area (Å²) in [6.07, 6.45) is 6.71. The van der Waals surface area contributed by atoms with Crippen LogP contribution >= 0.6 is 0 Å². The van der Waals surface area contributed by atoms with Crippen LogP contribution in [0.3, 0.4) is 0 Å². The molecule has 1 amide bonds. The molecule has 0 aliphatic carbocycles. The number of amides is 1. The van der Waals surface area contributed by atoms with Gasteiger partial charge >= 0.3 is 0 Å². The molecule has 142 valence electrons. The molecule has 2 aromatic heterocycles. The highest BCUT2D eigenvalue weighted by Crippen LogP contribution is 2.37. The van der Waals surface area contributed by atoms with Crippen molar-refractivity contribution < 1.29 is 9.53 Å². The minimum atomic E-state index is -0.157. The van der Waals surface area contributed by atoms with E-state index in [-0.39, 0.29) is 17.9 Å². The third kappa shape index (κ3) is 3.38. The Hall–Kier alpha value is -3.48. The summed E-state index contributed by atoms with van der Waals surface area (Å²) in [6, 6.07) is 11.1. The van der Waals surface area contributed by atoms with E-state index < -0.39 is 0 Å². The van der Waals surface area contributed by atoms with Crippen LogP contribution < -0.4 is 10.5 Å². The van der Waals surface area contributed by atoms with Gasteiger partial charge in [-0.15, -0.1) is 0 Å². The number of nitrogens with two attached hydrogens (primary N) is 1.